The van der Waals surface area contributed by atoms with Gasteiger partial charge in [0.05, 0.1) is 5.56 Å². The number of hydrogen-bond acceptors (Lipinski definition) is 2. The lowest BCUT2D eigenvalue weighted by atomic mass is 9.98. The van der Waals surface area contributed by atoms with Gasteiger partial charge in [0.25, 0.3) is 0 Å². The van der Waals surface area contributed by atoms with E-state index in [1.54, 1.807) is 6.08 Å². The predicted octanol–water partition coefficient (Wildman–Crippen LogP) is 4.21. The Balaban J connectivity index is 0.00000242. The van der Waals surface area contributed by atoms with E-state index in [-0.39, 0.29) is 30.9 Å². The van der Waals surface area contributed by atoms with Crippen molar-refractivity contribution in [2.45, 2.75) is 18.6 Å². The van der Waals surface area contributed by atoms with Gasteiger partial charge in [-0.15, -0.1) is 31.4 Å². The number of piperazine rings is 1. The Hall–Kier alpha value is -0.820. The lowest BCUT2D eigenvalue weighted by Crippen LogP contribution is -2.45. The Morgan fingerprint density at radius 1 is 1.17 bits per heavy atom. The molecule has 2 rings (SSSR count). The monoisotopic (exact) mass is 374 g/mol. The minimum absolute atomic E-state index is 0. The van der Waals surface area contributed by atoms with Crippen molar-refractivity contribution in [3.8, 4) is 0 Å². The average Bonchev–Trinajstić information content (AvgIpc) is 2.44. The molecular weight excluding hydrogens is 355 g/mol. The van der Waals surface area contributed by atoms with Gasteiger partial charge in [-0.1, -0.05) is 6.08 Å². The van der Waals surface area contributed by atoms with E-state index >= 15 is 0 Å². The molecule has 23 heavy (non-hydrogen) atoms. The summed E-state index contributed by atoms with van der Waals surface area (Å²) in [6.07, 6.45) is -2.40. The van der Waals surface area contributed by atoms with Crippen LogP contribution in [0, 0.1) is 5.82 Å². The van der Waals surface area contributed by atoms with Crippen molar-refractivity contribution in [2.75, 3.05) is 26.2 Å². The van der Waals surface area contributed by atoms with Crippen molar-refractivity contribution in [2.24, 2.45) is 0 Å². The zero-order valence-electron chi connectivity index (χ0n) is 12.4. The molecule has 1 aliphatic heterocycles. The van der Waals surface area contributed by atoms with Gasteiger partial charge >= 0.3 is 6.18 Å². The Labute approximate surface area is 145 Å². The summed E-state index contributed by atoms with van der Waals surface area (Å²) < 4.78 is 52.1. The molecule has 1 aromatic rings. The fourth-order valence-corrected chi connectivity index (χ4v) is 2.62. The molecule has 1 saturated heterocycles. The fraction of sp³-hybridized carbons (Fsp3) is 0.467. The van der Waals surface area contributed by atoms with Crippen LogP contribution in [-0.4, -0.2) is 31.1 Å². The molecule has 132 valence electrons. The molecule has 0 spiro atoms. The van der Waals surface area contributed by atoms with Gasteiger partial charge in [0.2, 0.25) is 0 Å². The number of benzene rings is 1. The lowest BCUT2D eigenvalue weighted by molar-refractivity contribution is -0.137. The van der Waals surface area contributed by atoms with E-state index in [2.05, 4.69) is 16.8 Å². The molecule has 0 bridgehead atoms. The highest BCUT2D eigenvalue weighted by Gasteiger charge is 2.32. The van der Waals surface area contributed by atoms with E-state index in [1.165, 1.54) is 6.07 Å². The third kappa shape index (κ3) is 5.95. The van der Waals surface area contributed by atoms with E-state index in [1.807, 2.05) is 0 Å². The molecule has 0 radical (unpaired) electrons. The summed E-state index contributed by atoms with van der Waals surface area (Å²) in [6, 6.07) is 2.48. The predicted molar refractivity (Wildman–Crippen MR) is 87.9 cm³/mol. The molecule has 0 aliphatic carbocycles. The first kappa shape index (κ1) is 22.2. The lowest BCUT2D eigenvalue weighted by Gasteiger charge is -2.35. The topological polar surface area (TPSA) is 15.3 Å². The van der Waals surface area contributed by atoms with Gasteiger partial charge in [-0.2, -0.15) is 13.2 Å². The van der Waals surface area contributed by atoms with Gasteiger partial charge < -0.3 is 5.32 Å². The van der Waals surface area contributed by atoms with Crippen molar-refractivity contribution in [1.82, 2.24) is 10.2 Å². The number of hydrogen-bond donors (Lipinski definition) is 1. The molecule has 2 nitrogen and oxygen atoms in total. The molecule has 1 fully saturated rings. The average molecular weight is 375 g/mol. The molecule has 1 N–H and O–H groups in total. The quantitative estimate of drug-likeness (QED) is 0.627. The van der Waals surface area contributed by atoms with E-state index < -0.39 is 17.6 Å². The highest BCUT2D eigenvalue weighted by Crippen LogP contribution is 2.34. The Bertz CT molecular complexity index is 503. The van der Waals surface area contributed by atoms with Crippen LogP contribution >= 0.6 is 24.8 Å². The molecule has 1 aromatic carbocycles. The minimum Gasteiger partial charge on any atom is -0.314 e. The Morgan fingerprint density at radius 2 is 1.78 bits per heavy atom. The first-order valence-corrected chi connectivity index (χ1v) is 6.85. The van der Waals surface area contributed by atoms with Crippen molar-refractivity contribution in [3.05, 3.63) is 47.8 Å². The van der Waals surface area contributed by atoms with Crippen LogP contribution < -0.4 is 5.32 Å². The summed E-state index contributed by atoms with van der Waals surface area (Å²) in [5, 5.41) is 3.19. The molecular formula is C15H20Cl2F4N2. The second-order valence-corrected chi connectivity index (χ2v) is 5.10. The maximum Gasteiger partial charge on any atom is 0.416 e. The molecule has 8 heteroatoms. The molecule has 0 unspecified atom stereocenters. The highest BCUT2D eigenvalue weighted by atomic mass is 35.5. The summed E-state index contributed by atoms with van der Waals surface area (Å²) in [5.41, 5.74) is -0.592. The number of nitrogens with zero attached hydrogens (tertiary/aromatic N) is 1. The van der Waals surface area contributed by atoms with Crippen LogP contribution in [0.4, 0.5) is 17.6 Å². The van der Waals surface area contributed by atoms with Crippen molar-refractivity contribution >= 4 is 24.8 Å². The number of rotatable bonds is 4. The summed E-state index contributed by atoms with van der Waals surface area (Å²) >= 11 is 0. The summed E-state index contributed by atoms with van der Waals surface area (Å²) in [6.45, 7) is 6.64. The van der Waals surface area contributed by atoms with Gasteiger partial charge in [-0.05, 0) is 30.2 Å². The van der Waals surface area contributed by atoms with E-state index in [0.29, 0.717) is 18.1 Å². The van der Waals surface area contributed by atoms with Gasteiger partial charge in [0, 0.05) is 32.2 Å². The van der Waals surface area contributed by atoms with Gasteiger partial charge in [-0.25, -0.2) is 4.39 Å². The van der Waals surface area contributed by atoms with E-state index in [9.17, 15) is 17.6 Å². The standard InChI is InChI=1S/C15H18F4N2.2ClH/c1-2-3-14(21-6-4-20-5-7-21)11-8-12(15(17,18)19)10-13(16)9-11;;/h2,8-10,14,20H,1,3-7H2;2*1H/t14-;;/m0../s1. The van der Waals surface area contributed by atoms with Gasteiger partial charge in [0.15, 0.2) is 0 Å². The second-order valence-electron chi connectivity index (χ2n) is 5.10. The van der Waals surface area contributed by atoms with Crippen LogP contribution in [0.25, 0.3) is 0 Å². The Kier molecular flexibility index (Phi) is 9.13. The number of nitrogens with one attached hydrogen (secondary N) is 1. The number of alkyl halides is 3. The van der Waals surface area contributed by atoms with Crippen molar-refractivity contribution < 1.29 is 17.6 Å². The first-order chi connectivity index (χ1) is 9.91. The smallest absolute Gasteiger partial charge is 0.314 e. The second kappa shape index (κ2) is 9.47. The maximum atomic E-state index is 13.6. The molecule has 0 aromatic heterocycles. The third-order valence-corrected chi connectivity index (χ3v) is 3.61. The SMILES string of the molecule is C=CC[C@@H](c1cc(F)cc(C(F)(F)F)c1)N1CCNCC1.Cl.Cl. The normalized spacial score (nSPS) is 16.9. The third-order valence-electron chi connectivity index (χ3n) is 3.61. The fourth-order valence-electron chi connectivity index (χ4n) is 2.62. The van der Waals surface area contributed by atoms with Crippen LogP contribution in [-0.2, 0) is 6.18 Å². The van der Waals surface area contributed by atoms with E-state index in [4.69, 9.17) is 0 Å². The molecule has 1 atom stereocenters. The van der Waals surface area contributed by atoms with Crippen LogP contribution in [0.2, 0.25) is 0 Å². The summed E-state index contributed by atoms with van der Waals surface area (Å²) in [5.74, 6) is -0.857. The summed E-state index contributed by atoms with van der Waals surface area (Å²) in [4.78, 5) is 2.06. The zero-order chi connectivity index (χ0) is 15.5. The first-order valence-electron chi connectivity index (χ1n) is 6.85. The molecule has 0 saturated carbocycles. The highest BCUT2D eigenvalue weighted by molar-refractivity contribution is 5.85. The van der Waals surface area contributed by atoms with Crippen LogP contribution in [0.15, 0.2) is 30.9 Å². The molecule has 0 amide bonds. The van der Waals surface area contributed by atoms with Crippen LogP contribution in [0.1, 0.15) is 23.6 Å². The largest absolute Gasteiger partial charge is 0.416 e. The zero-order valence-corrected chi connectivity index (χ0v) is 14.0. The maximum absolute atomic E-state index is 13.6. The minimum atomic E-state index is -4.54. The van der Waals surface area contributed by atoms with Gasteiger partial charge in [0.1, 0.15) is 5.82 Å². The van der Waals surface area contributed by atoms with Crippen LogP contribution in [0.5, 0.6) is 0 Å². The molecule has 1 heterocycles. The molecule has 1 aliphatic rings. The van der Waals surface area contributed by atoms with Crippen LogP contribution in [0.3, 0.4) is 0 Å². The van der Waals surface area contributed by atoms with Gasteiger partial charge in [-0.3, -0.25) is 4.90 Å². The van der Waals surface area contributed by atoms with Crippen molar-refractivity contribution in [1.29, 1.82) is 0 Å². The van der Waals surface area contributed by atoms with Crippen molar-refractivity contribution in [3.63, 3.8) is 0 Å². The Morgan fingerprint density at radius 3 is 2.30 bits per heavy atom. The summed E-state index contributed by atoms with van der Waals surface area (Å²) in [7, 11) is 0. The van der Waals surface area contributed by atoms with E-state index in [0.717, 1.165) is 32.2 Å². The number of halogens is 6.